The minimum Gasteiger partial charge on any atom is -0.346 e. The highest BCUT2D eigenvalue weighted by molar-refractivity contribution is 5.92. The molecule has 1 N–H and O–H groups in total. The van der Waals surface area contributed by atoms with Gasteiger partial charge in [-0.2, -0.15) is 5.26 Å². The van der Waals surface area contributed by atoms with Crippen molar-refractivity contribution in [2.45, 2.75) is 31.6 Å². The van der Waals surface area contributed by atoms with Crippen LogP contribution < -0.4 is 0 Å². The molecule has 0 aromatic carbocycles. The van der Waals surface area contributed by atoms with E-state index in [0.29, 0.717) is 19.0 Å². The van der Waals surface area contributed by atoms with Crippen LogP contribution in [0.3, 0.4) is 0 Å². The van der Waals surface area contributed by atoms with Crippen molar-refractivity contribution in [2.75, 3.05) is 13.1 Å². The number of carbonyl (C=O) groups is 1. The van der Waals surface area contributed by atoms with E-state index in [1.54, 1.807) is 10.8 Å². The fourth-order valence-corrected chi connectivity index (χ4v) is 4.31. The zero-order valence-corrected chi connectivity index (χ0v) is 14.3. The lowest BCUT2D eigenvalue weighted by Gasteiger charge is -2.39. The van der Waals surface area contributed by atoms with Gasteiger partial charge in [0.25, 0.3) is 0 Å². The normalized spacial score (nSPS) is 23.9. The van der Waals surface area contributed by atoms with Crippen molar-refractivity contribution in [2.24, 2.45) is 11.8 Å². The Morgan fingerprint density at radius 3 is 2.85 bits per heavy atom. The third-order valence-corrected chi connectivity index (χ3v) is 5.84. The molecule has 8 nitrogen and oxygen atoms in total. The van der Waals surface area contributed by atoms with Gasteiger partial charge in [-0.25, -0.2) is 9.50 Å². The van der Waals surface area contributed by atoms with Gasteiger partial charge in [0, 0.05) is 36.5 Å². The lowest BCUT2D eigenvalue weighted by atomic mass is 9.79. The Bertz CT molecular complexity index is 1020. The van der Waals surface area contributed by atoms with Crippen molar-refractivity contribution in [3.63, 3.8) is 0 Å². The first-order valence-electron chi connectivity index (χ1n) is 9.10. The standard InChI is InChI=1S/C18H19N7O/c19-7-11-8-24(9-11)18(26)13-3-1-12(2-4-13)15-16-14-5-6-20-17(14)21-10-25(16)23-22-15/h5-6,10-13,20H,1-4,8-9H2/t12-,13-. The predicted molar refractivity (Wildman–Crippen MR) is 93.0 cm³/mol. The van der Waals surface area contributed by atoms with E-state index in [9.17, 15) is 4.79 Å². The molecule has 1 saturated carbocycles. The van der Waals surface area contributed by atoms with Crippen LogP contribution in [0.5, 0.6) is 0 Å². The van der Waals surface area contributed by atoms with E-state index in [0.717, 1.165) is 47.9 Å². The molecule has 0 atom stereocenters. The third kappa shape index (κ3) is 2.27. The fraction of sp³-hybridized carbons (Fsp3) is 0.500. The van der Waals surface area contributed by atoms with Crippen LogP contribution in [-0.4, -0.2) is 48.7 Å². The summed E-state index contributed by atoms with van der Waals surface area (Å²) in [6.45, 7) is 1.20. The first-order valence-corrected chi connectivity index (χ1v) is 9.10. The predicted octanol–water partition coefficient (Wildman–Crippen LogP) is 1.86. The molecule has 3 aromatic heterocycles. The van der Waals surface area contributed by atoms with Gasteiger partial charge in [0.2, 0.25) is 5.91 Å². The molecule has 0 radical (unpaired) electrons. The summed E-state index contributed by atoms with van der Waals surface area (Å²) in [7, 11) is 0. The van der Waals surface area contributed by atoms with Gasteiger partial charge in [-0.1, -0.05) is 5.21 Å². The maximum absolute atomic E-state index is 12.6. The highest BCUT2D eigenvalue weighted by Crippen LogP contribution is 2.38. The van der Waals surface area contributed by atoms with E-state index < -0.39 is 0 Å². The number of amides is 1. The smallest absolute Gasteiger partial charge is 0.225 e. The molecular formula is C18H19N7O. The highest BCUT2D eigenvalue weighted by Gasteiger charge is 2.37. The Morgan fingerprint density at radius 2 is 2.08 bits per heavy atom. The van der Waals surface area contributed by atoms with Crippen LogP contribution in [0.1, 0.15) is 37.3 Å². The number of aromatic nitrogens is 5. The lowest BCUT2D eigenvalue weighted by molar-refractivity contribution is -0.141. The van der Waals surface area contributed by atoms with Crippen molar-refractivity contribution in [3.8, 4) is 6.07 Å². The zero-order chi connectivity index (χ0) is 17.7. The second-order valence-corrected chi connectivity index (χ2v) is 7.37. The first kappa shape index (κ1) is 15.3. The molecule has 132 valence electrons. The topological polar surface area (TPSA) is 103 Å². The molecule has 3 aromatic rings. The van der Waals surface area contributed by atoms with E-state index in [1.807, 2.05) is 17.2 Å². The summed E-state index contributed by atoms with van der Waals surface area (Å²) in [5, 5.41) is 18.6. The minimum absolute atomic E-state index is 0.0237. The number of likely N-dealkylation sites (tertiary alicyclic amines) is 1. The van der Waals surface area contributed by atoms with Crippen LogP contribution in [0.2, 0.25) is 0 Å². The fourth-order valence-electron chi connectivity index (χ4n) is 4.31. The molecule has 1 aliphatic carbocycles. The number of nitriles is 1. The second-order valence-electron chi connectivity index (χ2n) is 7.37. The third-order valence-electron chi connectivity index (χ3n) is 5.84. The SMILES string of the molecule is N#CC1CN(C(=O)[C@H]2CC[C@H](c3nnn4cnc5[nH]ccc5c34)CC2)C1. The number of hydrogen-bond acceptors (Lipinski definition) is 5. The molecule has 26 heavy (non-hydrogen) atoms. The highest BCUT2D eigenvalue weighted by atomic mass is 16.2. The van der Waals surface area contributed by atoms with Crippen LogP contribution in [0.25, 0.3) is 16.6 Å². The number of aromatic amines is 1. The average Bonchev–Trinajstić information content (AvgIpc) is 3.27. The Kier molecular flexibility index (Phi) is 3.42. The number of hydrogen-bond donors (Lipinski definition) is 1. The summed E-state index contributed by atoms with van der Waals surface area (Å²) < 4.78 is 1.74. The summed E-state index contributed by atoms with van der Waals surface area (Å²) >= 11 is 0. The van der Waals surface area contributed by atoms with Crippen LogP contribution in [0.15, 0.2) is 18.6 Å². The van der Waals surface area contributed by atoms with Crippen molar-refractivity contribution < 1.29 is 4.79 Å². The summed E-state index contributed by atoms with van der Waals surface area (Å²) in [5.41, 5.74) is 2.87. The molecule has 0 spiro atoms. The summed E-state index contributed by atoms with van der Waals surface area (Å²) in [6.07, 6.45) is 7.19. The van der Waals surface area contributed by atoms with Gasteiger partial charge < -0.3 is 9.88 Å². The van der Waals surface area contributed by atoms with E-state index in [-0.39, 0.29) is 17.7 Å². The van der Waals surface area contributed by atoms with Gasteiger partial charge >= 0.3 is 0 Å². The van der Waals surface area contributed by atoms with Crippen molar-refractivity contribution in [3.05, 3.63) is 24.3 Å². The first-order chi connectivity index (χ1) is 12.7. The zero-order valence-electron chi connectivity index (χ0n) is 14.3. The van der Waals surface area contributed by atoms with Gasteiger partial charge in [0.05, 0.1) is 17.7 Å². The summed E-state index contributed by atoms with van der Waals surface area (Å²) in [4.78, 5) is 21.9. The maximum atomic E-state index is 12.6. The Morgan fingerprint density at radius 1 is 1.27 bits per heavy atom. The number of rotatable bonds is 2. The number of fused-ring (bicyclic) bond motifs is 3. The second kappa shape index (κ2) is 5.80. The minimum atomic E-state index is 0.0237. The molecule has 1 aliphatic heterocycles. The van der Waals surface area contributed by atoms with Crippen molar-refractivity contribution in [1.82, 2.24) is 29.7 Å². The van der Waals surface area contributed by atoms with Crippen molar-refractivity contribution in [1.29, 1.82) is 5.26 Å². The molecule has 5 rings (SSSR count). The summed E-state index contributed by atoms with van der Waals surface area (Å²) in [6, 6.07) is 4.23. The molecule has 8 heteroatoms. The largest absolute Gasteiger partial charge is 0.346 e. The monoisotopic (exact) mass is 349 g/mol. The van der Waals surface area contributed by atoms with E-state index in [2.05, 4.69) is 26.3 Å². The lowest BCUT2D eigenvalue weighted by Crippen LogP contribution is -2.51. The Hall–Kier alpha value is -2.95. The van der Waals surface area contributed by atoms with Gasteiger partial charge in [-0.15, -0.1) is 5.10 Å². The van der Waals surface area contributed by atoms with Gasteiger partial charge in [0.1, 0.15) is 17.5 Å². The van der Waals surface area contributed by atoms with E-state index in [1.165, 1.54) is 0 Å². The molecule has 0 bridgehead atoms. The average molecular weight is 349 g/mol. The van der Waals surface area contributed by atoms with Crippen LogP contribution in [-0.2, 0) is 4.79 Å². The molecule has 2 aliphatic rings. The van der Waals surface area contributed by atoms with E-state index in [4.69, 9.17) is 5.26 Å². The molecular weight excluding hydrogens is 330 g/mol. The molecule has 2 fully saturated rings. The van der Waals surface area contributed by atoms with Crippen LogP contribution >= 0.6 is 0 Å². The Labute approximate surface area is 149 Å². The van der Waals surface area contributed by atoms with Gasteiger partial charge in [0.15, 0.2) is 0 Å². The Balaban J connectivity index is 1.33. The molecule has 1 saturated heterocycles. The quantitative estimate of drug-likeness (QED) is 0.760. The summed E-state index contributed by atoms with van der Waals surface area (Å²) in [5.74, 6) is 0.651. The van der Waals surface area contributed by atoms with Gasteiger partial charge in [-0.3, -0.25) is 4.79 Å². The molecule has 0 unspecified atom stereocenters. The number of carbonyl (C=O) groups excluding carboxylic acids is 1. The molecule has 4 heterocycles. The van der Waals surface area contributed by atoms with Gasteiger partial charge in [-0.05, 0) is 31.7 Å². The number of nitrogens with one attached hydrogen (secondary N) is 1. The van der Waals surface area contributed by atoms with Crippen molar-refractivity contribution >= 4 is 22.5 Å². The van der Waals surface area contributed by atoms with E-state index >= 15 is 0 Å². The molecule has 1 amide bonds. The number of nitrogens with zero attached hydrogens (tertiary/aromatic N) is 6. The number of H-pyrrole nitrogens is 1. The van der Waals surface area contributed by atoms with Crippen LogP contribution in [0.4, 0.5) is 0 Å². The van der Waals surface area contributed by atoms with Crippen LogP contribution in [0, 0.1) is 23.2 Å². The maximum Gasteiger partial charge on any atom is 0.225 e.